The van der Waals surface area contributed by atoms with Gasteiger partial charge in [-0.25, -0.2) is 9.69 Å². The van der Waals surface area contributed by atoms with E-state index in [2.05, 4.69) is 11.4 Å². The molecular formula is C28H18ClN3O3. The third kappa shape index (κ3) is 4.33. The molecule has 3 amide bonds. The molecule has 1 heterocycles. The highest BCUT2D eigenvalue weighted by Crippen LogP contribution is 2.32. The molecule has 0 aromatic heterocycles. The van der Waals surface area contributed by atoms with Crippen molar-refractivity contribution in [2.75, 3.05) is 4.90 Å². The number of anilines is 1. The van der Waals surface area contributed by atoms with Crippen LogP contribution in [-0.4, -0.2) is 11.9 Å². The number of rotatable bonds is 5. The van der Waals surface area contributed by atoms with Gasteiger partial charge in [0.05, 0.1) is 17.3 Å². The van der Waals surface area contributed by atoms with Gasteiger partial charge < -0.3 is 10.1 Å². The first-order chi connectivity index (χ1) is 17.0. The summed E-state index contributed by atoms with van der Waals surface area (Å²) >= 11 is 5.95. The molecule has 0 radical (unpaired) electrons. The van der Waals surface area contributed by atoms with Crippen LogP contribution in [0.3, 0.4) is 0 Å². The zero-order valence-electron chi connectivity index (χ0n) is 18.4. The van der Waals surface area contributed by atoms with Crippen LogP contribution in [0.5, 0.6) is 5.75 Å². The molecule has 0 saturated carbocycles. The first kappa shape index (κ1) is 22.2. The Morgan fingerprint density at radius 2 is 1.69 bits per heavy atom. The third-order valence-electron chi connectivity index (χ3n) is 5.70. The van der Waals surface area contributed by atoms with E-state index in [9.17, 15) is 14.9 Å². The lowest BCUT2D eigenvalue weighted by atomic mass is 10.0. The number of hydrogen-bond donors (Lipinski definition) is 1. The fraction of sp³-hybridized carbons (Fsp3) is 0.0357. The molecule has 5 rings (SSSR count). The van der Waals surface area contributed by atoms with Gasteiger partial charge >= 0.3 is 6.03 Å². The Bertz CT molecular complexity index is 1540. The minimum Gasteiger partial charge on any atom is -0.488 e. The van der Waals surface area contributed by atoms with Gasteiger partial charge in [-0.1, -0.05) is 60.1 Å². The first-order valence-electron chi connectivity index (χ1n) is 10.8. The van der Waals surface area contributed by atoms with E-state index in [0.717, 1.165) is 21.2 Å². The Kier molecular flexibility index (Phi) is 5.92. The number of nitrogens with one attached hydrogen (secondary N) is 1. The van der Waals surface area contributed by atoms with Crippen molar-refractivity contribution in [1.29, 1.82) is 5.26 Å². The molecular weight excluding hydrogens is 462 g/mol. The molecule has 1 aliphatic heterocycles. The minimum absolute atomic E-state index is 0.128. The molecule has 0 atom stereocenters. The summed E-state index contributed by atoms with van der Waals surface area (Å²) in [6, 6.07) is 26.8. The Labute approximate surface area is 206 Å². The summed E-state index contributed by atoms with van der Waals surface area (Å²) in [6.45, 7) is 0.176. The van der Waals surface area contributed by atoms with Gasteiger partial charge in [-0.15, -0.1) is 0 Å². The van der Waals surface area contributed by atoms with Crippen molar-refractivity contribution in [1.82, 2.24) is 5.32 Å². The van der Waals surface area contributed by atoms with Crippen molar-refractivity contribution in [3.8, 4) is 11.8 Å². The molecule has 0 unspecified atom stereocenters. The number of imide groups is 1. The number of nitriles is 1. The zero-order valence-corrected chi connectivity index (χ0v) is 19.1. The van der Waals surface area contributed by atoms with Crippen molar-refractivity contribution in [2.24, 2.45) is 0 Å². The summed E-state index contributed by atoms with van der Waals surface area (Å²) in [5.74, 6) is 0.0435. The number of urea groups is 1. The van der Waals surface area contributed by atoms with Crippen LogP contribution in [0.4, 0.5) is 10.5 Å². The molecule has 0 aliphatic carbocycles. The molecule has 1 saturated heterocycles. The van der Waals surface area contributed by atoms with Crippen LogP contribution in [0.2, 0.25) is 5.02 Å². The third-order valence-corrected chi connectivity index (χ3v) is 5.96. The van der Waals surface area contributed by atoms with E-state index in [4.69, 9.17) is 16.3 Å². The van der Waals surface area contributed by atoms with Crippen molar-refractivity contribution in [3.05, 3.63) is 112 Å². The topological polar surface area (TPSA) is 82.4 Å². The van der Waals surface area contributed by atoms with Crippen LogP contribution < -0.4 is 15.0 Å². The molecule has 0 spiro atoms. The molecule has 4 aromatic rings. The van der Waals surface area contributed by atoms with Crippen molar-refractivity contribution in [2.45, 2.75) is 6.61 Å². The Morgan fingerprint density at radius 1 is 0.943 bits per heavy atom. The van der Waals surface area contributed by atoms with Crippen LogP contribution >= 0.6 is 11.6 Å². The normalized spacial score (nSPS) is 14.3. The smallest absolute Gasteiger partial charge is 0.333 e. The molecule has 170 valence electrons. The molecule has 4 aromatic carbocycles. The first-order valence-corrected chi connectivity index (χ1v) is 11.2. The molecule has 1 fully saturated rings. The standard InChI is InChI=1S/C28H18ClN3O3/c29-21-10-12-22(13-11-21)32-27(33)25(31-28(32)34)15-24-23-8-4-3-5-18(23)9-14-26(24)35-17-20-7-2-1-6-19(20)16-30/h1-15H,17H2,(H,31,34)/b25-15-. The van der Waals surface area contributed by atoms with E-state index in [-0.39, 0.29) is 12.3 Å². The number of halogens is 1. The predicted molar refractivity (Wildman–Crippen MR) is 135 cm³/mol. The van der Waals surface area contributed by atoms with Crippen molar-refractivity contribution < 1.29 is 14.3 Å². The van der Waals surface area contributed by atoms with Gasteiger partial charge in [0.25, 0.3) is 5.91 Å². The lowest BCUT2D eigenvalue weighted by Crippen LogP contribution is -2.30. The second-order valence-electron chi connectivity index (χ2n) is 7.86. The molecule has 1 N–H and O–H groups in total. The Balaban J connectivity index is 1.54. The fourth-order valence-electron chi connectivity index (χ4n) is 3.97. The van der Waals surface area contributed by atoms with Crippen LogP contribution in [0.25, 0.3) is 16.8 Å². The maximum absolute atomic E-state index is 13.2. The quantitative estimate of drug-likeness (QED) is 0.279. The van der Waals surface area contributed by atoms with E-state index in [1.54, 1.807) is 42.5 Å². The summed E-state index contributed by atoms with van der Waals surface area (Å²) in [7, 11) is 0. The second-order valence-corrected chi connectivity index (χ2v) is 8.30. The number of hydrogen-bond acceptors (Lipinski definition) is 4. The lowest BCUT2D eigenvalue weighted by Gasteiger charge is -2.13. The van der Waals surface area contributed by atoms with Gasteiger partial charge in [0.1, 0.15) is 18.1 Å². The van der Waals surface area contributed by atoms with Gasteiger partial charge in [0.2, 0.25) is 0 Å². The van der Waals surface area contributed by atoms with E-state index >= 15 is 0 Å². The van der Waals surface area contributed by atoms with Crippen LogP contribution in [0.1, 0.15) is 16.7 Å². The summed E-state index contributed by atoms with van der Waals surface area (Å²) < 4.78 is 6.12. The number of nitrogens with zero attached hydrogens (tertiary/aromatic N) is 2. The molecule has 6 nitrogen and oxygen atoms in total. The van der Waals surface area contributed by atoms with Gasteiger partial charge in [0, 0.05) is 16.1 Å². The van der Waals surface area contributed by atoms with Crippen LogP contribution in [0.15, 0.2) is 90.6 Å². The fourth-order valence-corrected chi connectivity index (χ4v) is 4.09. The average molecular weight is 480 g/mol. The molecule has 7 heteroatoms. The maximum atomic E-state index is 13.2. The molecule has 0 bridgehead atoms. The van der Waals surface area contributed by atoms with Crippen molar-refractivity contribution in [3.63, 3.8) is 0 Å². The summed E-state index contributed by atoms with van der Waals surface area (Å²) in [6.07, 6.45) is 1.63. The van der Waals surface area contributed by atoms with Gasteiger partial charge in [-0.2, -0.15) is 5.26 Å². The van der Waals surface area contributed by atoms with Gasteiger partial charge in [0.15, 0.2) is 0 Å². The number of carbonyl (C=O) groups is 2. The average Bonchev–Trinajstić information content (AvgIpc) is 3.16. The molecule has 1 aliphatic rings. The highest BCUT2D eigenvalue weighted by Gasteiger charge is 2.35. The zero-order chi connectivity index (χ0) is 24.4. The number of ether oxygens (including phenoxy) is 1. The monoisotopic (exact) mass is 479 g/mol. The van der Waals surface area contributed by atoms with Crippen LogP contribution in [-0.2, 0) is 11.4 Å². The largest absolute Gasteiger partial charge is 0.488 e. The van der Waals surface area contributed by atoms with Crippen molar-refractivity contribution >= 4 is 46.1 Å². The summed E-state index contributed by atoms with van der Waals surface area (Å²) in [5, 5.41) is 14.4. The number of benzene rings is 4. The molecule has 35 heavy (non-hydrogen) atoms. The Morgan fingerprint density at radius 3 is 2.49 bits per heavy atom. The van der Waals surface area contributed by atoms with E-state index in [1.807, 2.05) is 48.5 Å². The van der Waals surface area contributed by atoms with E-state index in [0.29, 0.717) is 27.6 Å². The number of amides is 3. The van der Waals surface area contributed by atoms with Gasteiger partial charge in [-0.3, -0.25) is 4.79 Å². The number of carbonyl (C=O) groups excluding carboxylic acids is 2. The maximum Gasteiger partial charge on any atom is 0.333 e. The van der Waals surface area contributed by atoms with Gasteiger partial charge in [-0.05, 0) is 53.2 Å². The van der Waals surface area contributed by atoms with Crippen LogP contribution in [0, 0.1) is 11.3 Å². The SMILES string of the molecule is N#Cc1ccccc1COc1ccc2ccccc2c1/C=C1\NC(=O)N(c2ccc(Cl)cc2)C1=O. The van der Waals surface area contributed by atoms with E-state index in [1.165, 1.54) is 0 Å². The number of fused-ring (bicyclic) bond motifs is 1. The second kappa shape index (κ2) is 9.34. The lowest BCUT2D eigenvalue weighted by molar-refractivity contribution is -0.113. The Hall–Kier alpha value is -4.60. The predicted octanol–water partition coefficient (Wildman–Crippen LogP) is 6.04. The minimum atomic E-state index is -0.547. The summed E-state index contributed by atoms with van der Waals surface area (Å²) in [5.41, 5.74) is 2.48. The highest BCUT2D eigenvalue weighted by molar-refractivity contribution is 6.31. The highest BCUT2D eigenvalue weighted by atomic mass is 35.5. The summed E-state index contributed by atoms with van der Waals surface area (Å²) in [4.78, 5) is 26.9. The van der Waals surface area contributed by atoms with E-state index < -0.39 is 11.9 Å².